The average molecular weight is 292 g/mol. The van der Waals surface area contributed by atoms with Crippen molar-refractivity contribution < 1.29 is 0 Å². The van der Waals surface area contributed by atoms with Gasteiger partial charge in [-0.25, -0.2) is 0 Å². The first-order valence-electron chi connectivity index (χ1n) is 8.19. The van der Waals surface area contributed by atoms with Crippen LogP contribution in [-0.2, 0) is 0 Å². The summed E-state index contributed by atoms with van der Waals surface area (Å²) in [6.07, 6.45) is 4.80. The lowest BCUT2D eigenvalue weighted by molar-refractivity contribution is 0.268. The third-order valence-electron chi connectivity index (χ3n) is 4.37. The van der Waals surface area contributed by atoms with E-state index in [1.165, 1.54) is 19.3 Å². The molecule has 0 amide bonds. The van der Waals surface area contributed by atoms with Crippen molar-refractivity contribution >= 4 is 17.8 Å². The Bertz CT molecular complexity index is 448. The number of nitrogens with zero attached hydrogens (tertiary/aromatic N) is 4. The summed E-state index contributed by atoms with van der Waals surface area (Å²) in [5, 5.41) is 6.76. The Kier molecular flexibility index (Phi) is 5.20. The van der Waals surface area contributed by atoms with Gasteiger partial charge in [0, 0.05) is 25.2 Å². The van der Waals surface area contributed by atoms with Crippen molar-refractivity contribution in [2.75, 3.05) is 35.2 Å². The molecule has 0 saturated heterocycles. The highest BCUT2D eigenvalue weighted by Crippen LogP contribution is 2.37. The molecule has 0 unspecified atom stereocenters. The highest BCUT2D eigenvalue weighted by atomic mass is 15.3. The van der Waals surface area contributed by atoms with Gasteiger partial charge in [-0.2, -0.15) is 15.0 Å². The van der Waals surface area contributed by atoms with Crippen LogP contribution in [0.5, 0.6) is 0 Å². The predicted molar refractivity (Wildman–Crippen MR) is 88.0 cm³/mol. The molecule has 0 spiro atoms. The molecule has 1 aromatic rings. The van der Waals surface area contributed by atoms with Crippen LogP contribution in [0.15, 0.2) is 0 Å². The van der Waals surface area contributed by atoms with Gasteiger partial charge in [0.05, 0.1) is 0 Å². The number of aromatic nitrogens is 3. The second kappa shape index (κ2) is 6.91. The van der Waals surface area contributed by atoms with Gasteiger partial charge in [0.2, 0.25) is 17.8 Å². The first-order chi connectivity index (χ1) is 10.2. The highest BCUT2D eigenvalue weighted by Gasteiger charge is 2.35. The van der Waals surface area contributed by atoms with E-state index in [2.05, 4.69) is 51.3 Å². The minimum absolute atomic E-state index is 0.186. The molecule has 118 valence electrons. The molecule has 2 rings (SSSR count). The van der Waals surface area contributed by atoms with Gasteiger partial charge < -0.3 is 15.5 Å². The van der Waals surface area contributed by atoms with Crippen molar-refractivity contribution in [2.24, 2.45) is 0 Å². The first-order valence-corrected chi connectivity index (χ1v) is 8.19. The summed E-state index contributed by atoms with van der Waals surface area (Å²) in [5.74, 6) is 2.10. The van der Waals surface area contributed by atoms with Crippen molar-refractivity contribution in [3.05, 3.63) is 0 Å². The van der Waals surface area contributed by atoms with Gasteiger partial charge in [-0.3, -0.25) is 0 Å². The zero-order chi connectivity index (χ0) is 15.3. The standard InChI is InChI=1S/C15H28N6/c1-5-15(10-9-11-15)20-13-17-12(16-6-2)18-14(19-13)21(7-3)8-4/h5-11H2,1-4H3,(H2,16,17,18,19,20). The summed E-state index contributed by atoms with van der Waals surface area (Å²) < 4.78 is 0. The van der Waals surface area contributed by atoms with Gasteiger partial charge in [0.15, 0.2) is 0 Å². The van der Waals surface area contributed by atoms with Crippen LogP contribution in [0.25, 0.3) is 0 Å². The molecule has 1 heterocycles. The second-order valence-electron chi connectivity index (χ2n) is 5.60. The molecular weight excluding hydrogens is 264 g/mol. The topological polar surface area (TPSA) is 66.0 Å². The molecular formula is C15H28N6. The molecule has 1 fully saturated rings. The Hall–Kier alpha value is -1.59. The Morgan fingerprint density at radius 3 is 2.14 bits per heavy atom. The van der Waals surface area contributed by atoms with Crippen LogP contribution < -0.4 is 15.5 Å². The Morgan fingerprint density at radius 2 is 1.67 bits per heavy atom. The van der Waals surface area contributed by atoms with Crippen LogP contribution in [0.3, 0.4) is 0 Å². The molecule has 1 aliphatic rings. The fourth-order valence-electron chi connectivity index (χ4n) is 2.71. The summed E-state index contributed by atoms with van der Waals surface area (Å²) >= 11 is 0. The first kappa shape index (κ1) is 15.8. The Labute approximate surface area is 127 Å². The third-order valence-corrected chi connectivity index (χ3v) is 4.37. The van der Waals surface area contributed by atoms with E-state index in [9.17, 15) is 0 Å². The molecule has 0 radical (unpaired) electrons. The maximum atomic E-state index is 4.63. The van der Waals surface area contributed by atoms with Gasteiger partial charge in [-0.05, 0) is 46.5 Å². The van der Waals surface area contributed by atoms with Crippen molar-refractivity contribution in [3.8, 4) is 0 Å². The van der Waals surface area contributed by atoms with Crippen LogP contribution in [0.2, 0.25) is 0 Å². The van der Waals surface area contributed by atoms with Gasteiger partial charge in [-0.1, -0.05) is 6.92 Å². The predicted octanol–water partition coefficient (Wildman–Crippen LogP) is 2.89. The quantitative estimate of drug-likeness (QED) is 0.768. The maximum absolute atomic E-state index is 4.63. The fourth-order valence-corrected chi connectivity index (χ4v) is 2.71. The van der Waals surface area contributed by atoms with Crippen molar-refractivity contribution in [1.82, 2.24) is 15.0 Å². The fraction of sp³-hybridized carbons (Fsp3) is 0.800. The lowest BCUT2D eigenvalue weighted by Crippen LogP contribution is -2.45. The van der Waals surface area contributed by atoms with Crippen LogP contribution in [0.4, 0.5) is 17.8 Å². The molecule has 0 atom stereocenters. The Balaban J connectivity index is 2.26. The van der Waals surface area contributed by atoms with E-state index in [-0.39, 0.29) is 5.54 Å². The summed E-state index contributed by atoms with van der Waals surface area (Å²) in [4.78, 5) is 15.8. The van der Waals surface area contributed by atoms with Crippen molar-refractivity contribution in [3.63, 3.8) is 0 Å². The average Bonchev–Trinajstić information content (AvgIpc) is 2.44. The molecule has 1 aromatic heterocycles. The number of anilines is 3. The number of hydrogen-bond donors (Lipinski definition) is 2. The van der Waals surface area contributed by atoms with E-state index in [0.717, 1.165) is 32.0 Å². The van der Waals surface area contributed by atoms with Crippen molar-refractivity contribution in [2.45, 2.75) is 58.9 Å². The monoisotopic (exact) mass is 292 g/mol. The molecule has 6 nitrogen and oxygen atoms in total. The van der Waals surface area contributed by atoms with Gasteiger partial charge >= 0.3 is 0 Å². The molecule has 0 bridgehead atoms. The number of hydrogen-bond acceptors (Lipinski definition) is 6. The molecule has 2 N–H and O–H groups in total. The van der Waals surface area contributed by atoms with E-state index in [1.807, 2.05) is 6.92 Å². The smallest absolute Gasteiger partial charge is 0.231 e. The van der Waals surface area contributed by atoms with Crippen LogP contribution >= 0.6 is 0 Å². The summed E-state index contributed by atoms with van der Waals surface area (Å²) in [6.45, 7) is 11.1. The summed E-state index contributed by atoms with van der Waals surface area (Å²) in [6, 6.07) is 0. The SMILES string of the molecule is CCNc1nc(NC2(CC)CCC2)nc(N(CC)CC)n1. The largest absolute Gasteiger partial charge is 0.354 e. The molecule has 1 aliphatic carbocycles. The highest BCUT2D eigenvalue weighted by molar-refractivity contribution is 5.45. The zero-order valence-corrected chi connectivity index (χ0v) is 13.7. The number of nitrogens with one attached hydrogen (secondary N) is 2. The molecule has 1 saturated carbocycles. The summed E-state index contributed by atoms with van der Waals surface area (Å²) in [5.41, 5.74) is 0.186. The van der Waals surface area contributed by atoms with E-state index in [4.69, 9.17) is 0 Å². The van der Waals surface area contributed by atoms with Crippen molar-refractivity contribution in [1.29, 1.82) is 0 Å². The minimum Gasteiger partial charge on any atom is -0.354 e. The Morgan fingerprint density at radius 1 is 1.00 bits per heavy atom. The van der Waals surface area contributed by atoms with Gasteiger partial charge in [-0.15, -0.1) is 0 Å². The van der Waals surface area contributed by atoms with Crippen LogP contribution in [-0.4, -0.2) is 40.1 Å². The molecule has 21 heavy (non-hydrogen) atoms. The second-order valence-corrected chi connectivity index (χ2v) is 5.60. The third kappa shape index (κ3) is 3.54. The molecule has 6 heteroatoms. The van der Waals surface area contributed by atoms with Gasteiger partial charge in [0.1, 0.15) is 0 Å². The van der Waals surface area contributed by atoms with E-state index < -0.39 is 0 Å². The maximum Gasteiger partial charge on any atom is 0.231 e. The lowest BCUT2D eigenvalue weighted by atomic mass is 9.75. The van der Waals surface area contributed by atoms with Crippen LogP contribution in [0.1, 0.15) is 53.4 Å². The zero-order valence-electron chi connectivity index (χ0n) is 13.7. The normalized spacial score (nSPS) is 16.2. The summed E-state index contributed by atoms with van der Waals surface area (Å²) in [7, 11) is 0. The van der Waals surface area contributed by atoms with E-state index >= 15 is 0 Å². The molecule has 0 aromatic carbocycles. The van der Waals surface area contributed by atoms with E-state index in [0.29, 0.717) is 11.9 Å². The lowest BCUT2D eigenvalue weighted by Gasteiger charge is -2.42. The molecule has 0 aliphatic heterocycles. The van der Waals surface area contributed by atoms with Gasteiger partial charge in [0.25, 0.3) is 0 Å². The van der Waals surface area contributed by atoms with Crippen LogP contribution in [0, 0.1) is 0 Å². The minimum atomic E-state index is 0.186. The number of rotatable bonds is 8. The van der Waals surface area contributed by atoms with E-state index in [1.54, 1.807) is 0 Å².